The quantitative estimate of drug-likeness (QED) is 0.521. The first-order chi connectivity index (χ1) is 15.2. The lowest BCUT2D eigenvalue weighted by atomic mass is 9.94. The normalized spacial score (nSPS) is 10.5. The molecule has 3 N–H and O–H groups in total. The van der Waals surface area contributed by atoms with Crippen LogP contribution >= 0.6 is 0 Å². The van der Waals surface area contributed by atoms with E-state index in [1.165, 1.54) is 36.4 Å². The van der Waals surface area contributed by atoms with Crippen LogP contribution in [0.25, 0.3) is 11.1 Å². The lowest BCUT2D eigenvalue weighted by Gasteiger charge is -2.13. The summed E-state index contributed by atoms with van der Waals surface area (Å²) in [7, 11) is 1.41. The van der Waals surface area contributed by atoms with E-state index in [-0.39, 0.29) is 16.7 Å². The summed E-state index contributed by atoms with van der Waals surface area (Å²) in [6.45, 7) is 6.21. The first kappa shape index (κ1) is 22.7. The molecular weight excluding hydrogens is 404 g/mol. The molecule has 0 saturated carbocycles. The highest BCUT2D eigenvalue weighted by Crippen LogP contribution is 2.29. The van der Waals surface area contributed by atoms with E-state index in [0.717, 1.165) is 23.1 Å². The number of aryl methyl sites for hydroxylation is 3. The summed E-state index contributed by atoms with van der Waals surface area (Å²) in [6, 6.07) is 16.1. The van der Waals surface area contributed by atoms with Gasteiger partial charge in [0.25, 0.3) is 11.8 Å². The number of rotatable bonds is 6. The Hall–Kier alpha value is -3.93. The van der Waals surface area contributed by atoms with Gasteiger partial charge in [0.15, 0.2) is 0 Å². The van der Waals surface area contributed by atoms with Gasteiger partial charge < -0.3 is 15.7 Å². The monoisotopic (exact) mass is 430 g/mol. The Balaban J connectivity index is 1.87. The van der Waals surface area contributed by atoms with Crippen molar-refractivity contribution in [2.24, 2.45) is 0 Å². The number of carbonyl (C=O) groups is 3. The second-order valence-corrected chi connectivity index (χ2v) is 7.63. The van der Waals surface area contributed by atoms with E-state index in [2.05, 4.69) is 42.7 Å². The fourth-order valence-corrected chi connectivity index (χ4v) is 3.69. The minimum Gasteiger partial charge on any atom is -0.478 e. The predicted molar refractivity (Wildman–Crippen MR) is 125 cm³/mol. The van der Waals surface area contributed by atoms with Crippen molar-refractivity contribution in [2.75, 3.05) is 12.4 Å². The van der Waals surface area contributed by atoms with Crippen molar-refractivity contribution in [3.8, 4) is 11.1 Å². The van der Waals surface area contributed by atoms with Crippen molar-refractivity contribution in [1.29, 1.82) is 0 Å². The van der Waals surface area contributed by atoms with Crippen LogP contribution in [-0.2, 0) is 6.42 Å². The van der Waals surface area contributed by atoms with Crippen LogP contribution in [0.15, 0.2) is 54.6 Å². The summed E-state index contributed by atoms with van der Waals surface area (Å²) in [5.41, 5.74) is 6.33. The molecular formula is C26H26N2O4. The maximum atomic E-state index is 12.8. The lowest BCUT2D eigenvalue weighted by Crippen LogP contribution is -2.22. The Morgan fingerprint density at radius 3 is 2.03 bits per heavy atom. The van der Waals surface area contributed by atoms with Gasteiger partial charge in [-0.15, -0.1) is 0 Å². The Bertz CT molecular complexity index is 1210. The molecule has 6 nitrogen and oxygen atoms in total. The van der Waals surface area contributed by atoms with Gasteiger partial charge in [-0.25, -0.2) is 4.79 Å². The second-order valence-electron chi connectivity index (χ2n) is 7.63. The third-order valence-electron chi connectivity index (χ3n) is 5.46. The first-order valence-electron chi connectivity index (χ1n) is 10.4. The molecule has 0 fully saturated rings. The van der Waals surface area contributed by atoms with E-state index in [0.29, 0.717) is 5.69 Å². The Kier molecular flexibility index (Phi) is 6.73. The summed E-state index contributed by atoms with van der Waals surface area (Å²) in [4.78, 5) is 36.2. The summed E-state index contributed by atoms with van der Waals surface area (Å²) >= 11 is 0. The predicted octanol–water partition coefficient (Wildman–Crippen LogP) is 4.84. The van der Waals surface area contributed by atoms with Crippen molar-refractivity contribution in [2.45, 2.75) is 27.2 Å². The van der Waals surface area contributed by atoms with Gasteiger partial charge in [-0.05, 0) is 78.4 Å². The van der Waals surface area contributed by atoms with Crippen LogP contribution in [0.4, 0.5) is 5.69 Å². The molecule has 0 aliphatic carbocycles. The molecule has 2 amide bonds. The van der Waals surface area contributed by atoms with Crippen molar-refractivity contribution in [1.82, 2.24) is 5.32 Å². The highest BCUT2D eigenvalue weighted by molar-refractivity contribution is 6.09. The second kappa shape index (κ2) is 9.47. The third-order valence-corrected chi connectivity index (χ3v) is 5.46. The SMILES string of the molecule is CCc1ccc(-c2ccc(NC(=O)c3ccc(C(=O)O)c(C(=O)NC)c3)cc2C)c(C)c1. The van der Waals surface area contributed by atoms with Crippen LogP contribution < -0.4 is 10.6 Å². The van der Waals surface area contributed by atoms with Crippen molar-refractivity contribution in [3.05, 3.63) is 88.0 Å². The number of hydrogen-bond donors (Lipinski definition) is 3. The lowest BCUT2D eigenvalue weighted by molar-refractivity contribution is 0.0690. The van der Waals surface area contributed by atoms with E-state index in [4.69, 9.17) is 0 Å². The molecule has 0 spiro atoms. The molecule has 3 aromatic rings. The van der Waals surface area contributed by atoms with Gasteiger partial charge in [0.05, 0.1) is 11.1 Å². The maximum Gasteiger partial charge on any atom is 0.336 e. The first-order valence-corrected chi connectivity index (χ1v) is 10.4. The molecule has 0 saturated heterocycles. The minimum absolute atomic E-state index is 0.0646. The average molecular weight is 431 g/mol. The molecule has 0 aromatic heterocycles. The molecule has 0 bridgehead atoms. The van der Waals surface area contributed by atoms with Gasteiger partial charge in [-0.2, -0.15) is 0 Å². The maximum absolute atomic E-state index is 12.8. The highest BCUT2D eigenvalue weighted by atomic mass is 16.4. The standard InChI is InChI=1S/C26H26N2O4/c1-5-17-6-9-20(15(2)12-17)21-11-8-19(13-16(21)3)28-24(29)18-7-10-22(26(31)32)23(14-18)25(30)27-4/h6-14H,5H2,1-4H3,(H,27,30)(H,28,29)(H,31,32). The molecule has 0 atom stereocenters. The molecule has 6 heteroatoms. The highest BCUT2D eigenvalue weighted by Gasteiger charge is 2.19. The average Bonchev–Trinajstić information content (AvgIpc) is 2.78. The van der Waals surface area contributed by atoms with E-state index >= 15 is 0 Å². The largest absolute Gasteiger partial charge is 0.478 e. The molecule has 164 valence electrons. The number of amides is 2. The smallest absolute Gasteiger partial charge is 0.336 e. The number of nitrogens with one attached hydrogen (secondary N) is 2. The van der Waals surface area contributed by atoms with Crippen LogP contribution in [0.2, 0.25) is 0 Å². The van der Waals surface area contributed by atoms with Gasteiger partial charge in [0.2, 0.25) is 0 Å². The van der Waals surface area contributed by atoms with Gasteiger partial charge in [-0.1, -0.05) is 31.2 Å². The molecule has 0 heterocycles. The summed E-state index contributed by atoms with van der Waals surface area (Å²) < 4.78 is 0. The number of carboxylic acids is 1. The minimum atomic E-state index is -1.23. The van der Waals surface area contributed by atoms with Crippen molar-refractivity contribution < 1.29 is 19.5 Å². The van der Waals surface area contributed by atoms with Crippen LogP contribution in [0, 0.1) is 13.8 Å². The van der Waals surface area contributed by atoms with Gasteiger partial charge in [0, 0.05) is 18.3 Å². The topological polar surface area (TPSA) is 95.5 Å². The molecule has 32 heavy (non-hydrogen) atoms. The molecule has 0 aliphatic heterocycles. The zero-order valence-electron chi connectivity index (χ0n) is 18.6. The zero-order chi connectivity index (χ0) is 23.4. The van der Waals surface area contributed by atoms with E-state index in [1.54, 1.807) is 0 Å². The van der Waals surface area contributed by atoms with Gasteiger partial charge in [0.1, 0.15) is 0 Å². The van der Waals surface area contributed by atoms with Crippen LogP contribution in [-0.4, -0.2) is 29.9 Å². The van der Waals surface area contributed by atoms with E-state index < -0.39 is 17.8 Å². The van der Waals surface area contributed by atoms with Gasteiger partial charge >= 0.3 is 5.97 Å². The molecule has 0 unspecified atom stereocenters. The zero-order valence-corrected chi connectivity index (χ0v) is 18.6. The number of carbonyl (C=O) groups excluding carboxylic acids is 2. The summed E-state index contributed by atoms with van der Waals surface area (Å²) in [6.07, 6.45) is 0.986. The number of benzene rings is 3. The molecule has 3 rings (SSSR count). The fourth-order valence-electron chi connectivity index (χ4n) is 3.69. The third kappa shape index (κ3) is 4.70. The Labute approximate surface area is 187 Å². The number of aromatic carboxylic acids is 1. The van der Waals surface area contributed by atoms with Crippen LogP contribution in [0.5, 0.6) is 0 Å². The number of carboxylic acid groups (broad SMARTS) is 1. The van der Waals surface area contributed by atoms with Crippen LogP contribution in [0.3, 0.4) is 0 Å². The van der Waals surface area contributed by atoms with Gasteiger partial charge in [-0.3, -0.25) is 9.59 Å². The van der Waals surface area contributed by atoms with Crippen molar-refractivity contribution in [3.63, 3.8) is 0 Å². The number of anilines is 1. The van der Waals surface area contributed by atoms with Crippen LogP contribution in [0.1, 0.15) is 54.7 Å². The molecule has 3 aromatic carbocycles. The van der Waals surface area contributed by atoms with E-state index in [1.807, 2.05) is 25.1 Å². The summed E-state index contributed by atoms with van der Waals surface area (Å²) in [5.74, 6) is -2.23. The Morgan fingerprint density at radius 2 is 1.47 bits per heavy atom. The van der Waals surface area contributed by atoms with Crippen molar-refractivity contribution >= 4 is 23.5 Å². The Morgan fingerprint density at radius 1 is 0.812 bits per heavy atom. The number of hydrogen-bond acceptors (Lipinski definition) is 3. The molecule has 0 aliphatic rings. The fraction of sp³-hybridized carbons (Fsp3) is 0.192. The van der Waals surface area contributed by atoms with E-state index in [9.17, 15) is 19.5 Å². The molecule has 0 radical (unpaired) electrons. The summed E-state index contributed by atoms with van der Waals surface area (Å²) in [5, 5.41) is 14.5.